The molecule has 1 aromatic heterocycles. The lowest BCUT2D eigenvalue weighted by Gasteiger charge is -2.07. The van der Waals surface area contributed by atoms with E-state index in [1.54, 1.807) is 0 Å². The molecule has 0 unspecified atom stereocenters. The van der Waals surface area contributed by atoms with Gasteiger partial charge in [0.15, 0.2) is 0 Å². The summed E-state index contributed by atoms with van der Waals surface area (Å²) >= 11 is 11.5. The van der Waals surface area contributed by atoms with Crippen LogP contribution in [0.3, 0.4) is 0 Å². The molecule has 0 aliphatic heterocycles. The average molecular weight is 317 g/mol. The molecular weight excluding hydrogens is 307 g/mol. The first-order valence-corrected chi connectivity index (χ1v) is 6.96. The summed E-state index contributed by atoms with van der Waals surface area (Å²) in [6, 6.07) is 18.0. The molecule has 1 N–H and O–H groups in total. The standard InChI is InChI=1S/C15H10Cl2N4/c16-13-19-14(17)21-15(20-13)18-12-8-4-7-11(9-12)10-5-2-1-3-6-10/h1-9H,(H,18,19,20,21). The molecule has 0 amide bonds. The van der Waals surface area contributed by atoms with Gasteiger partial charge in [0.05, 0.1) is 0 Å². The summed E-state index contributed by atoms with van der Waals surface area (Å²) in [6.07, 6.45) is 0. The van der Waals surface area contributed by atoms with Gasteiger partial charge < -0.3 is 5.32 Å². The lowest BCUT2D eigenvalue weighted by atomic mass is 10.1. The van der Waals surface area contributed by atoms with Crippen molar-refractivity contribution in [3.8, 4) is 11.1 Å². The molecule has 0 aliphatic rings. The van der Waals surface area contributed by atoms with E-state index in [0.717, 1.165) is 16.8 Å². The highest BCUT2D eigenvalue weighted by Gasteiger charge is 2.04. The maximum Gasteiger partial charge on any atom is 0.232 e. The lowest BCUT2D eigenvalue weighted by Crippen LogP contribution is -1.99. The topological polar surface area (TPSA) is 50.7 Å². The Bertz CT molecular complexity index is 742. The van der Waals surface area contributed by atoms with Crippen molar-refractivity contribution in [1.29, 1.82) is 0 Å². The van der Waals surface area contributed by atoms with Crippen molar-refractivity contribution in [3.63, 3.8) is 0 Å². The molecule has 0 radical (unpaired) electrons. The number of halogens is 2. The Balaban J connectivity index is 1.90. The van der Waals surface area contributed by atoms with Crippen molar-refractivity contribution in [3.05, 3.63) is 65.2 Å². The van der Waals surface area contributed by atoms with Gasteiger partial charge in [0.25, 0.3) is 0 Å². The van der Waals surface area contributed by atoms with E-state index in [0.29, 0.717) is 5.95 Å². The van der Waals surface area contributed by atoms with Crippen LogP contribution in [0.1, 0.15) is 0 Å². The van der Waals surface area contributed by atoms with Gasteiger partial charge in [-0.1, -0.05) is 42.5 Å². The number of nitrogens with one attached hydrogen (secondary N) is 1. The van der Waals surface area contributed by atoms with Crippen LogP contribution in [-0.4, -0.2) is 15.0 Å². The van der Waals surface area contributed by atoms with Crippen molar-refractivity contribution in [2.45, 2.75) is 0 Å². The van der Waals surface area contributed by atoms with Crippen molar-refractivity contribution in [1.82, 2.24) is 15.0 Å². The Morgan fingerprint density at radius 2 is 1.38 bits per heavy atom. The van der Waals surface area contributed by atoms with Crippen LogP contribution in [-0.2, 0) is 0 Å². The third-order valence-corrected chi connectivity index (χ3v) is 3.14. The largest absolute Gasteiger partial charge is 0.324 e. The third-order valence-electron chi connectivity index (χ3n) is 2.81. The molecule has 0 saturated heterocycles. The van der Waals surface area contributed by atoms with Crippen LogP contribution in [0.4, 0.5) is 11.6 Å². The second-order valence-corrected chi connectivity index (χ2v) is 4.95. The average Bonchev–Trinajstić information content (AvgIpc) is 2.47. The molecule has 0 bridgehead atoms. The normalized spacial score (nSPS) is 10.4. The van der Waals surface area contributed by atoms with Crippen LogP contribution in [0.15, 0.2) is 54.6 Å². The van der Waals surface area contributed by atoms with Gasteiger partial charge >= 0.3 is 0 Å². The van der Waals surface area contributed by atoms with Crippen LogP contribution in [0.25, 0.3) is 11.1 Å². The van der Waals surface area contributed by atoms with Gasteiger partial charge in [0, 0.05) is 5.69 Å². The van der Waals surface area contributed by atoms with Crippen molar-refractivity contribution >= 4 is 34.8 Å². The minimum atomic E-state index is 0.0525. The van der Waals surface area contributed by atoms with Crippen LogP contribution in [0.2, 0.25) is 10.6 Å². The number of benzene rings is 2. The fourth-order valence-corrected chi connectivity index (χ4v) is 2.28. The van der Waals surface area contributed by atoms with E-state index < -0.39 is 0 Å². The number of aromatic nitrogens is 3. The third kappa shape index (κ3) is 3.48. The Hall–Kier alpha value is -2.17. The van der Waals surface area contributed by atoms with Crippen LogP contribution in [0, 0.1) is 0 Å². The first kappa shape index (κ1) is 13.8. The minimum Gasteiger partial charge on any atom is -0.324 e. The molecule has 2 aromatic carbocycles. The number of hydrogen-bond acceptors (Lipinski definition) is 4. The van der Waals surface area contributed by atoms with Gasteiger partial charge in [-0.2, -0.15) is 15.0 Å². The van der Waals surface area contributed by atoms with E-state index in [1.807, 2.05) is 42.5 Å². The highest BCUT2D eigenvalue weighted by Crippen LogP contribution is 2.24. The fraction of sp³-hybridized carbons (Fsp3) is 0. The van der Waals surface area contributed by atoms with Gasteiger partial charge in [-0.05, 0) is 46.5 Å². The molecule has 0 spiro atoms. The summed E-state index contributed by atoms with van der Waals surface area (Å²) in [7, 11) is 0. The highest BCUT2D eigenvalue weighted by atomic mass is 35.5. The SMILES string of the molecule is Clc1nc(Cl)nc(Nc2cccc(-c3ccccc3)c2)n1. The van der Waals surface area contributed by atoms with Crippen molar-refractivity contribution < 1.29 is 0 Å². The zero-order chi connectivity index (χ0) is 14.7. The minimum absolute atomic E-state index is 0.0525. The predicted molar refractivity (Wildman–Crippen MR) is 85.0 cm³/mol. The second-order valence-electron chi connectivity index (χ2n) is 4.27. The lowest BCUT2D eigenvalue weighted by molar-refractivity contribution is 1.05. The first-order valence-electron chi connectivity index (χ1n) is 6.20. The maximum absolute atomic E-state index is 5.76. The van der Waals surface area contributed by atoms with Crippen LogP contribution in [0.5, 0.6) is 0 Å². The smallest absolute Gasteiger partial charge is 0.232 e. The predicted octanol–water partition coefficient (Wildman–Crippen LogP) is 4.59. The molecule has 4 nitrogen and oxygen atoms in total. The van der Waals surface area contributed by atoms with Gasteiger partial charge in [-0.25, -0.2) is 0 Å². The van der Waals surface area contributed by atoms with Gasteiger partial charge in [0.1, 0.15) is 0 Å². The summed E-state index contributed by atoms with van der Waals surface area (Å²) in [6.45, 7) is 0. The number of rotatable bonds is 3. The quantitative estimate of drug-likeness (QED) is 0.767. The summed E-state index contributed by atoms with van der Waals surface area (Å²) in [5.74, 6) is 0.310. The number of hydrogen-bond donors (Lipinski definition) is 1. The van der Waals surface area contributed by atoms with E-state index in [1.165, 1.54) is 0 Å². The monoisotopic (exact) mass is 316 g/mol. The molecule has 0 aliphatic carbocycles. The van der Waals surface area contributed by atoms with E-state index in [2.05, 4.69) is 32.4 Å². The molecule has 0 fully saturated rings. The van der Waals surface area contributed by atoms with Gasteiger partial charge in [-0.15, -0.1) is 0 Å². The Kier molecular flexibility index (Phi) is 3.99. The Morgan fingerprint density at radius 3 is 2.10 bits per heavy atom. The van der Waals surface area contributed by atoms with E-state index in [-0.39, 0.29) is 10.6 Å². The van der Waals surface area contributed by atoms with Crippen molar-refractivity contribution in [2.75, 3.05) is 5.32 Å². The maximum atomic E-state index is 5.76. The van der Waals surface area contributed by atoms with Gasteiger partial charge in [-0.3, -0.25) is 0 Å². The zero-order valence-electron chi connectivity index (χ0n) is 10.8. The molecule has 0 saturated carbocycles. The Morgan fingerprint density at radius 1 is 0.714 bits per heavy atom. The molecule has 21 heavy (non-hydrogen) atoms. The fourth-order valence-electron chi connectivity index (χ4n) is 1.92. The van der Waals surface area contributed by atoms with E-state index in [4.69, 9.17) is 23.2 Å². The molecule has 6 heteroatoms. The summed E-state index contributed by atoms with van der Waals surface area (Å²) in [4.78, 5) is 11.7. The highest BCUT2D eigenvalue weighted by molar-refractivity contribution is 6.31. The first-order chi connectivity index (χ1) is 10.2. The molecular formula is C15H10Cl2N4. The summed E-state index contributed by atoms with van der Waals surface area (Å²) in [5.41, 5.74) is 3.06. The molecule has 3 aromatic rings. The Labute approximate surface area is 131 Å². The molecule has 1 heterocycles. The van der Waals surface area contributed by atoms with Gasteiger partial charge in [0.2, 0.25) is 16.5 Å². The second kappa shape index (κ2) is 6.08. The summed E-state index contributed by atoms with van der Waals surface area (Å²) < 4.78 is 0. The number of anilines is 2. The van der Waals surface area contributed by atoms with E-state index in [9.17, 15) is 0 Å². The molecule has 0 atom stereocenters. The van der Waals surface area contributed by atoms with Crippen LogP contribution < -0.4 is 5.32 Å². The van der Waals surface area contributed by atoms with Crippen molar-refractivity contribution in [2.24, 2.45) is 0 Å². The van der Waals surface area contributed by atoms with Crippen LogP contribution >= 0.6 is 23.2 Å². The summed E-state index contributed by atoms with van der Waals surface area (Å²) in [5, 5.41) is 3.17. The molecule has 3 rings (SSSR count). The zero-order valence-corrected chi connectivity index (χ0v) is 12.3. The number of nitrogens with zero attached hydrogens (tertiary/aromatic N) is 3. The van der Waals surface area contributed by atoms with E-state index >= 15 is 0 Å². The molecule has 104 valence electrons.